The van der Waals surface area contributed by atoms with E-state index in [-0.39, 0.29) is 0 Å². The van der Waals surface area contributed by atoms with Crippen molar-refractivity contribution >= 4 is 11.8 Å². The standard InChI is InChI=1S/C12H24N2S/c1-10-8-11(13)4-7-14(10)9-12(15-2)5-3-6-12/h10-11H,3-9,13H2,1-2H3. The molecule has 1 aliphatic carbocycles. The van der Waals surface area contributed by atoms with Gasteiger partial charge in [-0.3, -0.25) is 4.90 Å². The average molecular weight is 228 g/mol. The smallest absolute Gasteiger partial charge is 0.0284 e. The maximum Gasteiger partial charge on any atom is 0.0284 e. The first-order valence-corrected chi connectivity index (χ1v) is 7.42. The molecular weight excluding hydrogens is 204 g/mol. The number of hydrogen-bond acceptors (Lipinski definition) is 3. The van der Waals surface area contributed by atoms with Gasteiger partial charge in [0, 0.05) is 23.4 Å². The van der Waals surface area contributed by atoms with Crippen LogP contribution in [-0.2, 0) is 0 Å². The van der Waals surface area contributed by atoms with Crippen LogP contribution in [-0.4, -0.2) is 41.1 Å². The molecule has 2 unspecified atom stereocenters. The third kappa shape index (κ3) is 2.51. The van der Waals surface area contributed by atoms with E-state index >= 15 is 0 Å². The molecule has 2 fully saturated rings. The van der Waals surface area contributed by atoms with Crippen LogP contribution in [0.25, 0.3) is 0 Å². The number of likely N-dealkylation sites (tertiary alicyclic amines) is 1. The minimum atomic E-state index is 0.447. The van der Waals surface area contributed by atoms with Crippen LogP contribution in [0, 0.1) is 0 Å². The summed E-state index contributed by atoms with van der Waals surface area (Å²) in [7, 11) is 0. The van der Waals surface area contributed by atoms with Gasteiger partial charge in [-0.05, 0) is 45.4 Å². The molecule has 0 aromatic heterocycles. The molecule has 1 saturated heterocycles. The van der Waals surface area contributed by atoms with Crippen molar-refractivity contribution in [2.45, 2.75) is 55.9 Å². The summed E-state index contributed by atoms with van der Waals surface area (Å²) in [6.45, 7) is 4.85. The first-order valence-electron chi connectivity index (χ1n) is 6.20. The molecule has 2 atom stereocenters. The zero-order chi connectivity index (χ0) is 10.9. The largest absolute Gasteiger partial charge is 0.328 e. The highest BCUT2D eigenvalue weighted by atomic mass is 32.2. The monoisotopic (exact) mass is 228 g/mol. The minimum Gasteiger partial charge on any atom is -0.328 e. The lowest BCUT2D eigenvalue weighted by Gasteiger charge is -2.47. The van der Waals surface area contributed by atoms with E-state index in [1.165, 1.54) is 45.2 Å². The molecule has 0 spiro atoms. The maximum atomic E-state index is 6.00. The van der Waals surface area contributed by atoms with Crippen LogP contribution in [0.5, 0.6) is 0 Å². The second-order valence-electron chi connectivity index (χ2n) is 5.34. The fraction of sp³-hybridized carbons (Fsp3) is 1.00. The van der Waals surface area contributed by atoms with E-state index in [0.29, 0.717) is 16.8 Å². The van der Waals surface area contributed by atoms with Crippen molar-refractivity contribution in [3.8, 4) is 0 Å². The third-order valence-electron chi connectivity index (χ3n) is 4.24. The van der Waals surface area contributed by atoms with Gasteiger partial charge in [0.25, 0.3) is 0 Å². The third-order valence-corrected chi connectivity index (χ3v) is 5.65. The van der Waals surface area contributed by atoms with E-state index in [9.17, 15) is 0 Å². The molecular formula is C12H24N2S. The average Bonchev–Trinajstić information content (AvgIpc) is 2.14. The summed E-state index contributed by atoms with van der Waals surface area (Å²) in [5.41, 5.74) is 6.00. The Morgan fingerprint density at radius 2 is 2.20 bits per heavy atom. The van der Waals surface area contributed by atoms with Crippen molar-refractivity contribution in [2.75, 3.05) is 19.3 Å². The van der Waals surface area contributed by atoms with E-state index in [1.54, 1.807) is 0 Å². The number of thioether (sulfide) groups is 1. The fourth-order valence-electron chi connectivity index (χ4n) is 2.86. The number of rotatable bonds is 3. The van der Waals surface area contributed by atoms with Crippen LogP contribution >= 0.6 is 11.8 Å². The lowest BCUT2D eigenvalue weighted by Crippen LogP contribution is -2.53. The number of nitrogens with zero attached hydrogens (tertiary/aromatic N) is 1. The molecule has 2 rings (SSSR count). The topological polar surface area (TPSA) is 29.3 Å². The van der Waals surface area contributed by atoms with Crippen molar-refractivity contribution in [2.24, 2.45) is 5.73 Å². The Morgan fingerprint density at radius 3 is 2.67 bits per heavy atom. The molecule has 0 bridgehead atoms. The Labute approximate surface area is 98.0 Å². The van der Waals surface area contributed by atoms with Crippen molar-refractivity contribution in [1.82, 2.24) is 4.90 Å². The molecule has 0 radical (unpaired) electrons. The zero-order valence-corrected chi connectivity index (χ0v) is 10.9. The molecule has 0 amide bonds. The van der Waals surface area contributed by atoms with E-state index in [1.807, 2.05) is 0 Å². The predicted octanol–water partition coefficient (Wildman–Crippen LogP) is 2.08. The normalized spacial score (nSPS) is 36.2. The molecule has 3 heteroatoms. The Kier molecular flexibility index (Phi) is 3.63. The molecule has 15 heavy (non-hydrogen) atoms. The van der Waals surface area contributed by atoms with Crippen molar-refractivity contribution in [3.63, 3.8) is 0 Å². The van der Waals surface area contributed by atoms with Crippen LogP contribution in [0.1, 0.15) is 39.0 Å². The molecule has 2 nitrogen and oxygen atoms in total. The Hall–Kier alpha value is 0.270. The predicted molar refractivity (Wildman–Crippen MR) is 68.3 cm³/mol. The van der Waals surface area contributed by atoms with Gasteiger partial charge >= 0.3 is 0 Å². The van der Waals surface area contributed by atoms with Crippen molar-refractivity contribution < 1.29 is 0 Å². The first kappa shape index (κ1) is 11.7. The Morgan fingerprint density at radius 1 is 1.47 bits per heavy atom. The van der Waals surface area contributed by atoms with Gasteiger partial charge in [0.2, 0.25) is 0 Å². The molecule has 0 aromatic rings. The van der Waals surface area contributed by atoms with Gasteiger partial charge in [0.05, 0.1) is 0 Å². The van der Waals surface area contributed by atoms with Crippen LogP contribution in [0.2, 0.25) is 0 Å². The molecule has 0 aromatic carbocycles. The summed E-state index contributed by atoms with van der Waals surface area (Å²) in [6.07, 6.45) is 8.92. The number of piperidine rings is 1. The summed E-state index contributed by atoms with van der Waals surface area (Å²) in [5.74, 6) is 0. The quantitative estimate of drug-likeness (QED) is 0.802. The second-order valence-corrected chi connectivity index (χ2v) is 6.62. The van der Waals surface area contributed by atoms with E-state index < -0.39 is 0 Å². The molecule has 88 valence electrons. The summed E-state index contributed by atoms with van der Waals surface area (Å²) < 4.78 is 0.593. The van der Waals surface area contributed by atoms with E-state index in [0.717, 1.165) is 0 Å². The highest BCUT2D eigenvalue weighted by molar-refractivity contribution is 8.00. The highest BCUT2D eigenvalue weighted by Crippen LogP contribution is 2.44. The van der Waals surface area contributed by atoms with Crippen LogP contribution < -0.4 is 5.73 Å². The zero-order valence-electron chi connectivity index (χ0n) is 10.0. The molecule has 1 aliphatic heterocycles. The fourth-order valence-corrected chi connectivity index (χ4v) is 3.85. The van der Waals surface area contributed by atoms with Gasteiger partial charge in [0.1, 0.15) is 0 Å². The summed E-state index contributed by atoms with van der Waals surface area (Å²) in [6, 6.07) is 1.14. The van der Waals surface area contributed by atoms with Crippen LogP contribution in [0.4, 0.5) is 0 Å². The summed E-state index contributed by atoms with van der Waals surface area (Å²) in [4.78, 5) is 2.67. The highest BCUT2D eigenvalue weighted by Gasteiger charge is 2.39. The molecule has 2 N–H and O–H groups in total. The van der Waals surface area contributed by atoms with E-state index in [2.05, 4.69) is 29.8 Å². The van der Waals surface area contributed by atoms with Gasteiger partial charge < -0.3 is 5.73 Å². The summed E-state index contributed by atoms with van der Waals surface area (Å²) >= 11 is 2.08. The van der Waals surface area contributed by atoms with Crippen LogP contribution in [0.15, 0.2) is 0 Å². The molecule has 1 saturated carbocycles. The first-order chi connectivity index (χ1) is 7.15. The van der Waals surface area contributed by atoms with Gasteiger partial charge in [-0.15, -0.1) is 0 Å². The number of hydrogen-bond donors (Lipinski definition) is 1. The minimum absolute atomic E-state index is 0.447. The molecule has 1 heterocycles. The van der Waals surface area contributed by atoms with Gasteiger partial charge in [-0.25, -0.2) is 0 Å². The van der Waals surface area contributed by atoms with Crippen molar-refractivity contribution in [1.29, 1.82) is 0 Å². The van der Waals surface area contributed by atoms with Gasteiger partial charge in [-0.1, -0.05) is 6.42 Å². The Bertz CT molecular complexity index is 210. The lowest BCUT2D eigenvalue weighted by atomic mass is 9.82. The van der Waals surface area contributed by atoms with Crippen LogP contribution in [0.3, 0.4) is 0 Å². The Balaban J connectivity index is 1.88. The SMILES string of the molecule is CSC1(CN2CCC(N)CC2C)CCC1. The lowest BCUT2D eigenvalue weighted by molar-refractivity contribution is 0.115. The summed E-state index contributed by atoms with van der Waals surface area (Å²) in [5, 5.41) is 0. The van der Waals surface area contributed by atoms with Gasteiger partial charge in [-0.2, -0.15) is 11.8 Å². The van der Waals surface area contributed by atoms with Gasteiger partial charge in [0.15, 0.2) is 0 Å². The van der Waals surface area contributed by atoms with E-state index in [4.69, 9.17) is 5.73 Å². The van der Waals surface area contributed by atoms with Crippen molar-refractivity contribution in [3.05, 3.63) is 0 Å². The number of nitrogens with two attached hydrogens (primary N) is 1. The maximum absolute atomic E-state index is 6.00. The second kappa shape index (κ2) is 4.64. The molecule has 2 aliphatic rings.